The van der Waals surface area contributed by atoms with Crippen LogP contribution in [0.4, 0.5) is 0 Å². The highest BCUT2D eigenvalue weighted by Gasteiger charge is 2.27. The molecule has 0 spiro atoms. The van der Waals surface area contributed by atoms with Crippen LogP contribution >= 0.6 is 0 Å². The van der Waals surface area contributed by atoms with Crippen LogP contribution in [0.2, 0.25) is 0 Å². The van der Waals surface area contributed by atoms with Gasteiger partial charge >= 0.3 is 0 Å². The van der Waals surface area contributed by atoms with Crippen LogP contribution in [0, 0.1) is 5.92 Å². The van der Waals surface area contributed by atoms with Crippen molar-refractivity contribution >= 4 is 0 Å². The number of nitrogens with one attached hydrogen (secondary N) is 1. The normalized spacial score (nSPS) is 34.9. The van der Waals surface area contributed by atoms with Gasteiger partial charge in [0.2, 0.25) is 0 Å². The van der Waals surface area contributed by atoms with Crippen LogP contribution in [0.25, 0.3) is 0 Å². The molecule has 0 aromatic rings. The fourth-order valence-electron chi connectivity index (χ4n) is 3.41. The molecule has 2 heteroatoms. The van der Waals surface area contributed by atoms with Crippen LogP contribution in [0.5, 0.6) is 0 Å². The highest BCUT2D eigenvalue weighted by molar-refractivity contribution is 4.85. The van der Waals surface area contributed by atoms with Gasteiger partial charge in [-0.05, 0) is 38.5 Å². The lowest BCUT2D eigenvalue weighted by molar-refractivity contribution is 0.0788. The predicted octanol–water partition coefficient (Wildman–Crippen LogP) is 2.85. The summed E-state index contributed by atoms with van der Waals surface area (Å²) in [6.07, 6.45) is 11.6. The zero-order chi connectivity index (χ0) is 11.4. The van der Waals surface area contributed by atoms with Crippen molar-refractivity contribution in [1.82, 2.24) is 5.32 Å². The zero-order valence-electron chi connectivity index (χ0n) is 10.6. The van der Waals surface area contributed by atoms with Gasteiger partial charge in [0.05, 0.1) is 6.10 Å². The summed E-state index contributed by atoms with van der Waals surface area (Å²) in [4.78, 5) is 0. The SMILES string of the molecule is C[C@H](N[C@H]1CCCC[C@@H]1O)C1CCCCC1. The molecule has 0 bridgehead atoms. The van der Waals surface area contributed by atoms with Crippen LogP contribution < -0.4 is 5.32 Å². The molecule has 16 heavy (non-hydrogen) atoms. The first kappa shape index (κ1) is 12.4. The fourth-order valence-corrected chi connectivity index (χ4v) is 3.41. The third-order valence-corrected chi connectivity index (χ3v) is 4.56. The molecule has 2 saturated carbocycles. The lowest BCUT2D eigenvalue weighted by atomic mass is 9.83. The molecule has 0 aromatic carbocycles. The maximum absolute atomic E-state index is 9.95. The molecule has 2 aliphatic carbocycles. The Bertz CT molecular complexity index is 201. The molecule has 94 valence electrons. The van der Waals surface area contributed by atoms with Crippen molar-refractivity contribution in [3.8, 4) is 0 Å². The van der Waals surface area contributed by atoms with Gasteiger partial charge in [0.1, 0.15) is 0 Å². The lowest BCUT2D eigenvalue weighted by Gasteiger charge is -2.35. The van der Waals surface area contributed by atoms with Crippen molar-refractivity contribution in [1.29, 1.82) is 0 Å². The molecule has 0 heterocycles. The average molecular weight is 225 g/mol. The Morgan fingerprint density at radius 3 is 2.25 bits per heavy atom. The number of hydrogen-bond acceptors (Lipinski definition) is 2. The molecule has 0 saturated heterocycles. The van der Waals surface area contributed by atoms with E-state index in [4.69, 9.17) is 0 Å². The first-order valence-corrected chi connectivity index (χ1v) is 7.21. The van der Waals surface area contributed by atoms with Gasteiger partial charge in [-0.1, -0.05) is 32.1 Å². The van der Waals surface area contributed by atoms with Crippen molar-refractivity contribution in [3.05, 3.63) is 0 Å². The first-order valence-electron chi connectivity index (χ1n) is 7.21. The molecule has 0 amide bonds. The lowest BCUT2D eigenvalue weighted by Crippen LogP contribution is -2.48. The van der Waals surface area contributed by atoms with Gasteiger partial charge in [0, 0.05) is 12.1 Å². The number of hydrogen-bond donors (Lipinski definition) is 2. The summed E-state index contributed by atoms with van der Waals surface area (Å²) < 4.78 is 0. The van der Waals surface area contributed by atoms with E-state index in [9.17, 15) is 5.11 Å². The number of aliphatic hydroxyl groups is 1. The molecule has 2 rings (SSSR count). The molecule has 0 aromatic heterocycles. The van der Waals surface area contributed by atoms with E-state index < -0.39 is 0 Å². The zero-order valence-corrected chi connectivity index (χ0v) is 10.6. The second-order valence-electron chi connectivity index (χ2n) is 5.81. The monoisotopic (exact) mass is 225 g/mol. The van der Waals surface area contributed by atoms with E-state index in [-0.39, 0.29) is 6.10 Å². The third kappa shape index (κ3) is 3.21. The molecule has 2 fully saturated rings. The van der Waals surface area contributed by atoms with Gasteiger partial charge in [-0.15, -0.1) is 0 Å². The quantitative estimate of drug-likeness (QED) is 0.774. The van der Waals surface area contributed by atoms with Crippen molar-refractivity contribution in [2.45, 2.75) is 82.9 Å². The Labute approximate surface area is 99.8 Å². The van der Waals surface area contributed by atoms with Crippen LogP contribution in [-0.2, 0) is 0 Å². The van der Waals surface area contributed by atoms with Gasteiger partial charge < -0.3 is 10.4 Å². The topological polar surface area (TPSA) is 32.3 Å². The van der Waals surface area contributed by atoms with Crippen LogP contribution in [0.15, 0.2) is 0 Å². The molecule has 3 atom stereocenters. The molecular weight excluding hydrogens is 198 g/mol. The van der Waals surface area contributed by atoms with Crippen LogP contribution in [-0.4, -0.2) is 23.3 Å². The maximum atomic E-state index is 9.95. The predicted molar refractivity (Wildman–Crippen MR) is 67.4 cm³/mol. The standard InChI is InChI=1S/C14H27NO/c1-11(12-7-3-2-4-8-12)15-13-9-5-6-10-14(13)16/h11-16H,2-10H2,1H3/t11-,13-,14-/m0/s1. The van der Waals surface area contributed by atoms with E-state index in [1.54, 1.807) is 0 Å². The minimum atomic E-state index is -0.0974. The second kappa shape index (κ2) is 6.02. The molecule has 0 aliphatic heterocycles. The van der Waals surface area contributed by atoms with Gasteiger partial charge in [-0.3, -0.25) is 0 Å². The van der Waals surface area contributed by atoms with E-state index in [1.807, 2.05) is 0 Å². The van der Waals surface area contributed by atoms with E-state index in [0.29, 0.717) is 12.1 Å². The summed E-state index contributed by atoms with van der Waals surface area (Å²) in [7, 11) is 0. The molecule has 0 unspecified atom stereocenters. The Hall–Kier alpha value is -0.0800. The van der Waals surface area contributed by atoms with Crippen molar-refractivity contribution in [2.75, 3.05) is 0 Å². The second-order valence-corrected chi connectivity index (χ2v) is 5.81. The van der Waals surface area contributed by atoms with Crippen molar-refractivity contribution in [3.63, 3.8) is 0 Å². The molecule has 2 N–H and O–H groups in total. The minimum absolute atomic E-state index is 0.0974. The molecule has 2 nitrogen and oxygen atoms in total. The Kier molecular flexibility index (Phi) is 4.66. The fraction of sp³-hybridized carbons (Fsp3) is 1.00. The summed E-state index contributed by atoms with van der Waals surface area (Å²) in [6.45, 7) is 2.32. The van der Waals surface area contributed by atoms with Gasteiger partial charge in [-0.2, -0.15) is 0 Å². The third-order valence-electron chi connectivity index (χ3n) is 4.56. The Balaban J connectivity index is 1.78. The summed E-state index contributed by atoms with van der Waals surface area (Å²) in [6, 6.07) is 0.962. The summed E-state index contributed by atoms with van der Waals surface area (Å²) in [5.41, 5.74) is 0. The Morgan fingerprint density at radius 2 is 1.56 bits per heavy atom. The van der Waals surface area contributed by atoms with Crippen molar-refractivity contribution < 1.29 is 5.11 Å². The van der Waals surface area contributed by atoms with E-state index in [0.717, 1.165) is 18.8 Å². The molecular formula is C14H27NO. The molecule has 0 radical (unpaired) electrons. The summed E-state index contributed by atoms with van der Waals surface area (Å²) >= 11 is 0. The van der Waals surface area contributed by atoms with Crippen LogP contribution in [0.3, 0.4) is 0 Å². The minimum Gasteiger partial charge on any atom is -0.392 e. The van der Waals surface area contributed by atoms with Gasteiger partial charge in [0.25, 0.3) is 0 Å². The summed E-state index contributed by atoms with van der Waals surface area (Å²) in [5, 5.41) is 13.6. The first-order chi connectivity index (χ1) is 7.77. The highest BCUT2D eigenvalue weighted by atomic mass is 16.3. The average Bonchev–Trinajstić information content (AvgIpc) is 2.33. The van der Waals surface area contributed by atoms with E-state index in [1.165, 1.54) is 44.9 Å². The van der Waals surface area contributed by atoms with E-state index >= 15 is 0 Å². The van der Waals surface area contributed by atoms with Crippen molar-refractivity contribution in [2.24, 2.45) is 5.92 Å². The smallest absolute Gasteiger partial charge is 0.0693 e. The Morgan fingerprint density at radius 1 is 0.938 bits per heavy atom. The maximum Gasteiger partial charge on any atom is 0.0693 e. The highest BCUT2D eigenvalue weighted by Crippen LogP contribution is 2.27. The van der Waals surface area contributed by atoms with E-state index in [2.05, 4.69) is 12.2 Å². The van der Waals surface area contributed by atoms with Gasteiger partial charge in [-0.25, -0.2) is 0 Å². The number of aliphatic hydroxyl groups excluding tert-OH is 1. The van der Waals surface area contributed by atoms with Gasteiger partial charge in [0.15, 0.2) is 0 Å². The largest absolute Gasteiger partial charge is 0.392 e. The number of rotatable bonds is 3. The molecule has 2 aliphatic rings. The summed E-state index contributed by atoms with van der Waals surface area (Å²) in [5.74, 6) is 0.850. The van der Waals surface area contributed by atoms with Crippen LogP contribution in [0.1, 0.15) is 64.7 Å².